The van der Waals surface area contributed by atoms with Gasteiger partial charge in [-0.05, 0) is 121 Å². The molecule has 0 aromatic heterocycles. The average molecular weight is 443 g/mol. The Morgan fingerprint density at radius 2 is 1.47 bits per heavy atom. The molecule has 0 bridgehead atoms. The second-order valence-electron chi connectivity index (χ2n) is 15.5. The van der Waals surface area contributed by atoms with Gasteiger partial charge in [-0.3, -0.25) is 0 Å². The van der Waals surface area contributed by atoms with Crippen LogP contribution in [0.2, 0.25) is 0 Å². The molecule has 0 spiro atoms. The summed E-state index contributed by atoms with van der Waals surface area (Å²) in [5.41, 5.74) is 1.96. The van der Waals surface area contributed by atoms with Crippen LogP contribution in [0.15, 0.2) is 0 Å². The van der Waals surface area contributed by atoms with E-state index in [1.807, 2.05) is 0 Å². The first-order valence-corrected chi connectivity index (χ1v) is 14.1. The zero-order chi connectivity index (χ0) is 23.1. The highest BCUT2D eigenvalue weighted by atomic mass is 16.6. The minimum absolute atomic E-state index is 0.0576. The highest BCUT2D eigenvalue weighted by Gasteiger charge is 2.73. The van der Waals surface area contributed by atoms with E-state index in [1.54, 1.807) is 0 Å². The molecule has 6 fully saturated rings. The molecule has 6 aliphatic rings. The van der Waals surface area contributed by atoms with Crippen LogP contribution in [-0.2, 0) is 4.74 Å². The number of aliphatic hydroxyl groups is 1. The third-order valence-corrected chi connectivity index (χ3v) is 14.4. The highest BCUT2D eigenvalue weighted by Crippen LogP contribution is 2.78. The molecule has 2 heteroatoms. The Morgan fingerprint density at radius 3 is 2.19 bits per heavy atom. The van der Waals surface area contributed by atoms with Crippen molar-refractivity contribution in [1.29, 1.82) is 0 Å². The van der Waals surface area contributed by atoms with Crippen LogP contribution in [0, 0.1) is 56.7 Å². The van der Waals surface area contributed by atoms with Gasteiger partial charge < -0.3 is 9.84 Å². The van der Waals surface area contributed by atoms with Gasteiger partial charge in [-0.15, -0.1) is 0 Å². The van der Waals surface area contributed by atoms with Crippen molar-refractivity contribution in [2.24, 2.45) is 56.7 Å². The standard InChI is InChI=1S/C30H50O2/c1-18-24-19-9-10-21-27(5)13-12-22(31)25(2,3)20(27)11-14-29(21,7)28(19,6)16-15-26(24,4)17-23-30(18,8)32-23/h18-24,31H,9-17H2,1-8H3. The molecule has 182 valence electrons. The zero-order valence-corrected chi connectivity index (χ0v) is 22.3. The summed E-state index contributed by atoms with van der Waals surface area (Å²) in [5, 5.41) is 10.9. The Balaban J connectivity index is 1.39. The second-order valence-corrected chi connectivity index (χ2v) is 15.5. The summed E-state index contributed by atoms with van der Waals surface area (Å²) < 4.78 is 6.38. The summed E-state index contributed by atoms with van der Waals surface area (Å²) in [5.74, 6) is 3.83. The van der Waals surface area contributed by atoms with Crippen LogP contribution in [0.1, 0.15) is 113 Å². The number of rotatable bonds is 0. The van der Waals surface area contributed by atoms with E-state index in [9.17, 15) is 5.11 Å². The number of ether oxygens (including phenoxy) is 1. The number of epoxide rings is 1. The van der Waals surface area contributed by atoms with E-state index in [0.717, 1.165) is 24.2 Å². The summed E-state index contributed by atoms with van der Waals surface area (Å²) >= 11 is 0. The van der Waals surface area contributed by atoms with Crippen LogP contribution in [0.4, 0.5) is 0 Å². The van der Waals surface area contributed by atoms with Crippen LogP contribution in [0.5, 0.6) is 0 Å². The SMILES string of the molecule is CC1C2C3CCC4C5(C)CCC(O)C(C)(C)C5CCC4(C)C3(C)CCC2(C)CC2OC21C. The third-order valence-electron chi connectivity index (χ3n) is 14.4. The molecule has 0 aromatic rings. The minimum Gasteiger partial charge on any atom is -0.393 e. The van der Waals surface area contributed by atoms with Gasteiger partial charge in [0.25, 0.3) is 0 Å². The molecule has 0 radical (unpaired) electrons. The minimum atomic E-state index is -0.123. The van der Waals surface area contributed by atoms with Crippen molar-refractivity contribution in [2.45, 2.75) is 131 Å². The van der Waals surface area contributed by atoms with Crippen molar-refractivity contribution in [3.05, 3.63) is 0 Å². The van der Waals surface area contributed by atoms with Gasteiger partial charge in [-0.25, -0.2) is 0 Å². The van der Waals surface area contributed by atoms with Gasteiger partial charge in [0.2, 0.25) is 0 Å². The van der Waals surface area contributed by atoms with Gasteiger partial charge in [-0.1, -0.05) is 48.5 Å². The molecule has 1 aliphatic heterocycles. The molecule has 1 heterocycles. The molecule has 0 aromatic carbocycles. The van der Waals surface area contributed by atoms with E-state index in [0.29, 0.717) is 39.6 Å². The lowest BCUT2D eigenvalue weighted by molar-refractivity contribution is -0.254. The summed E-state index contributed by atoms with van der Waals surface area (Å²) in [6.45, 7) is 20.5. The number of hydrogen-bond acceptors (Lipinski definition) is 2. The summed E-state index contributed by atoms with van der Waals surface area (Å²) in [6.07, 6.45) is 12.3. The topological polar surface area (TPSA) is 32.8 Å². The molecule has 1 N–H and O–H groups in total. The number of hydrogen-bond donors (Lipinski definition) is 1. The maximum atomic E-state index is 10.9. The second kappa shape index (κ2) is 6.18. The number of fused-ring (bicyclic) bond motifs is 8. The van der Waals surface area contributed by atoms with E-state index < -0.39 is 0 Å². The summed E-state index contributed by atoms with van der Waals surface area (Å²) in [7, 11) is 0. The molecule has 1 saturated heterocycles. The fraction of sp³-hybridized carbons (Fsp3) is 1.00. The van der Waals surface area contributed by atoms with Crippen molar-refractivity contribution >= 4 is 0 Å². The highest BCUT2D eigenvalue weighted by molar-refractivity contribution is 5.22. The zero-order valence-electron chi connectivity index (χ0n) is 22.3. The summed E-state index contributed by atoms with van der Waals surface area (Å²) in [4.78, 5) is 0. The van der Waals surface area contributed by atoms with Crippen molar-refractivity contribution in [1.82, 2.24) is 0 Å². The molecule has 2 nitrogen and oxygen atoms in total. The molecule has 12 atom stereocenters. The van der Waals surface area contributed by atoms with Crippen LogP contribution in [0.25, 0.3) is 0 Å². The lowest BCUT2D eigenvalue weighted by atomic mass is 9.31. The molecular formula is C30H50O2. The van der Waals surface area contributed by atoms with Crippen LogP contribution < -0.4 is 0 Å². The Bertz CT molecular complexity index is 820. The molecular weight excluding hydrogens is 392 g/mol. The molecule has 6 rings (SSSR count). The fourth-order valence-corrected chi connectivity index (χ4v) is 12.1. The molecule has 12 unspecified atom stereocenters. The summed E-state index contributed by atoms with van der Waals surface area (Å²) in [6, 6.07) is 0. The van der Waals surface area contributed by atoms with Gasteiger partial charge in [0.1, 0.15) is 0 Å². The molecule has 5 aliphatic carbocycles. The monoisotopic (exact) mass is 442 g/mol. The van der Waals surface area contributed by atoms with E-state index in [2.05, 4.69) is 55.4 Å². The maximum absolute atomic E-state index is 10.9. The quantitative estimate of drug-likeness (QED) is 0.401. The molecule has 32 heavy (non-hydrogen) atoms. The van der Waals surface area contributed by atoms with Crippen molar-refractivity contribution in [2.75, 3.05) is 0 Å². The first-order chi connectivity index (χ1) is 14.7. The Labute approximate surface area is 197 Å². The lowest BCUT2D eigenvalue weighted by Crippen LogP contribution is -2.67. The number of aliphatic hydroxyl groups excluding tert-OH is 1. The third kappa shape index (κ3) is 2.36. The molecule has 0 amide bonds. The Kier molecular flexibility index (Phi) is 4.32. The first kappa shape index (κ1) is 22.4. The van der Waals surface area contributed by atoms with E-state index in [4.69, 9.17) is 4.74 Å². The van der Waals surface area contributed by atoms with Crippen LogP contribution in [-0.4, -0.2) is 22.9 Å². The van der Waals surface area contributed by atoms with Crippen molar-refractivity contribution in [3.63, 3.8) is 0 Å². The lowest BCUT2D eigenvalue weighted by Gasteiger charge is -2.73. The van der Waals surface area contributed by atoms with Crippen LogP contribution >= 0.6 is 0 Å². The fourth-order valence-electron chi connectivity index (χ4n) is 12.1. The predicted molar refractivity (Wildman–Crippen MR) is 130 cm³/mol. The van der Waals surface area contributed by atoms with Gasteiger partial charge in [0.05, 0.1) is 17.8 Å². The van der Waals surface area contributed by atoms with E-state index in [-0.39, 0.29) is 17.1 Å². The van der Waals surface area contributed by atoms with Crippen molar-refractivity contribution < 1.29 is 9.84 Å². The normalized spacial score (nSPS) is 65.0. The Hall–Kier alpha value is -0.0800. The Morgan fingerprint density at radius 1 is 0.750 bits per heavy atom. The van der Waals surface area contributed by atoms with Gasteiger partial charge in [0.15, 0.2) is 0 Å². The van der Waals surface area contributed by atoms with Gasteiger partial charge >= 0.3 is 0 Å². The smallest absolute Gasteiger partial charge is 0.0948 e. The largest absolute Gasteiger partial charge is 0.393 e. The molecule has 5 saturated carbocycles. The van der Waals surface area contributed by atoms with Crippen molar-refractivity contribution in [3.8, 4) is 0 Å². The first-order valence-electron chi connectivity index (χ1n) is 14.1. The van der Waals surface area contributed by atoms with E-state index >= 15 is 0 Å². The predicted octanol–water partition coefficient (Wildman–Crippen LogP) is 7.24. The average Bonchev–Trinajstić information content (AvgIpc) is 3.37. The maximum Gasteiger partial charge on any atom is 0.0948 e. The van der Waals surface area contributed by atoms with Gasteiger partial charge in [0, 0.05) is 0 Å². The van der Waals surface area contributed by atoms with Gasteiger partial charge in [-0.2, -0.15) is 0 Å². The van der Waals surface area contributed by atoms with Crippen LogP contribution in [0.3, 0.4) is 0 Å². The van der Waals surface area contributed by atoms with E-state index in [1.165, 1.54) is 51.4 Å².